The summed E-state index contributed by atoms with van der Waals surface area (Å²) in [6.07, 6.45) is -2.86. The van der Waals surface area contributed by atoms with Crippen molar-refractivity contribution in [3.8, 4) is 0 Å². The lowest BCUT2D eigenvalue weighted by Crippen LogP contribution is -2.59. The Hall–Kier alpha value is -0.890. The van der Waals surface area contributed by atoms with E-state index in [1.807, 2.05) is 6.92 Å². The molecule has 0 aliphatic carbocycles. The average molecular weight is 275 g/mol. The largest absolute Gasteiger partial charge is 0.388 e. The molecule has 0 aromatic heterocycles. The lowest BCUT2D eigenvalue weighted by Gasteiger charge is -2.41. The summed E-state index contributed by atoms with van der Waals surface area (Å²) in [6.45, 7) is 2.43. The van der Waals surface area contributed by atoms with E-state index in [4.69, 9.17) is 19.7 Å². The molecule has 8 heteroatoms. The molecule has 1 heterocycles. The first-order chi connectivity index (χ1) is 9.15. The monoisotopic (exact) mass is 275 g/mol. The SMILES string of the molecule is CCCCOC1OC(CN=[N+]=[N-])C(O)C(O)C1OC. The molecule has 0 amide bonds. The molecule has 19 heavy (non-hydrogen) atoms. The van der Waals surface area contributed by atoms with Gasteiger partial charge in [-0.05, 0) is 12.0 Å². The van der Waals surface area contributed by atoms with Crippen LogP contribution in [-0.2, 0) is 14.2 Å². The van der Waals surface area contributed by atoms with E-state index in [-0.39, 0.29) is 6.54 Å². The topological polar surface area (TPSA) is 117 Å². The third kappa shape index (κ3) is 4.31. The van der Waals surface area contributed by atoms with E-state index in [0.717, 1.165) is 12.8 Å². The van der Waals surface area contributed by atoms with Crippen molar-refractivity contribution in [2.24, 2.45) is 5.11 Å². The van der Waals surface area contributed by atoms with Crippen LogP contribution >= 0.6 is 0 Å². The molecule has 2 N–H and O–H groups in total. The van der Waals surface area contributed by atoms with E-state index < -0.39 is 30.7 Å². The molecule has 0 aromatic rings. The molecule has 0 bridgehead atoms. The molecule has 1 saturated heterocycles. The number of hydrogen-bond donors (Lipinski definition) is 2. The van der Waals surface area contributed by atoms with Crippen LogP contribution in [0, 0.1) is 0 Å². The van der Waals surface area contributed by atoms with E-state index in [1.165, 1.54) is 7.11 Å². The van der Waals surface area contributed by atoms with Crippen LogP contribution < -0.4 is 0 Å². The van der Waals surface area contributed by atoms with Gasteiger partial charge in [-0.3, -0.25) is 0 Å². The quantitative estimate of drug-likeness (QED) is 0.305. The van der Waals surface area contributed by atoms with Crippen molar-refractivity contribution in [1.29, 1.82) is 0 Å². The maximum atomic E-state index is 9.96. The highest BCUT2D eigenvalue weighted by Gasteiger charge is 2.44. The number of rotatable bonds is 7. The molecule has 0 saturated carbocycles. The Morgan fingerprint density at radius 1 is 1.37 bits per heavy atom. The van der Waals surface area contributed by atoms with Crippen LogP contribution in [0.5, 0.6) is 0 Å². The molecule has 1 aliphatic rings. The zero-order valence-electron chi connectivity index (χ0n) is 11.2. The number of methoxy groups -OCH3 is 1. The van der Waals surface area contributed by atoms with Crippen LogP contribution in [0.15, 0.2) is 5.11 Å². The fraction of sp³-hybridized carbons (Fsp3) is 1.00. The van der Waals surface area contributed by atoms with Crippen molar-refractivity contribution < 1.29 is 24.4 Å². The van der Waals surface area contributed by atoms with Crippen LogP contribution in [0.2, 0.25) is 0 Å². The first-order valence-electron chi connectivity index (χ1n) is 6.32. The van der Waals surface area contributed by atoms with Crippen LogP contribution in [-0.4, -0.2) is 61.2 Å². The molecule has 1 fully saturated rings. The fourth-order valence-electron chi connectivity index (χ4n) is 1.90. The summed E-state index contributed by atoms with van der Waals surface area (Å²) < 4.78 is 16.1. The zero-order valence-corrected chi connectivity index (χ0v) is 11.2. The van der Waals surface area contributed by atoms with Gasteiger partial charge in [0.15, 0.2) is 6.29 Å². The first-order valence-corrected chi connectivity index (χ1v) is 6.32. The third-order valence-electron chi connectivity index (χ3n) is 3.02. The van der Waals surface area contributed by atoms with Crippen molar-refractivity contribution in [2.45, 2.75) is 50.5 Å². The normalized spacial score (nSPS) is 34.8. The Balaban J connectivity index is 2.67. The maximum Gasteiger partial charge on any atom is 0.186 e. The average Bonchev–Trinajstić information content (AvgIpc) is 2.41. The van der Waals surface area contributed by atoms with Crippen molar-refractivity contribution in [3.05, 3.63) is 10.4 Å². The molecular formula is C11H21N3O5. The minimum Gasteiger partial charge on any atom is -0.388 e. The zero-order chi connectivity index (χ0) is 14.3. The Morgan fingerprint density at radius 3 is 2.68 bits per heavy atom. The third-order valence-corrected chi connectivity index (χ3v) is 3.02. The van der Waals surface area contributed by atoms with Gasteiger partial charge in [0, 0.05) is 18.6 Å². The smallest absolute Gasteiger partial charge is 0.186 e. The number of aliphatic hydroxyl groups is 2. The van der Waals surface area contributed by atoms with Gasteiger partial charge in [0.2, 0.25) is 0 Å². The molecule has 5 atom stereocenters. The van der Waals surface area contributed by atoms with Crippen molar-refractivity contribution >= 4 is 0 Å². The summed E-state index contributed by atoms with van der Waals surface area (Å²) in [5, 5.41) is 23.2. The van der Waals surface area contributed by atoms with Gasteiger partial charge < -0.3 is 24.4 Å². The molecule has 8 nitrogen and oxygen atoms in total. The van der Waals surface area contributed by atoms with Gasteiger partial charge in [-0.2, -0.15) is 0 Å². The molecule has 1 rings (SSSR count). The molecule has 1 aliphatic heterocycles. The van der Waals surface area contributed by atoms with Crippen molar-refractivity contribution in [2.75, 3.05) is 20.3 Å². The van der Waals surface area contributed by atoms with E-state index >= 15 is 0 Å². The molecule has 110 valence electrons. The summed E-state index contributed by atoms with van der Waals surface area (Å²) >= 11 is 0. The minimum absolute atomic E-state index is 0.0706. The summed E-state index contributed by atoms with van der Waals surface area (Å²) in [6, 6.07) is 0. The summed E-state index contributed by atoms with van der Waals surface area (Å²) in [5.74, 6) is 0. The van der Waals surface area contributed by atoms with Gasteiger partial charge in [-0.15, -0.1) is 0 Å². The van der Waals surface area contributed by atoms with Gasteiger partial charge in [0.1, 0.15) is 18.3 Å². The van der Waals surface area contributed by atoms with Gasteiger partial charge in [-0.1, -0.05) is 18.5 Å². The Bertz CT molecular complexity index is 311. The number of unbranched alkanes of at least 4 members (excludes halogenated alkanes) is 1. The van der Waals surface area contributed by atoms with E-state index in [9.17, 15) is 10.2 Å². The van der Waals surface area contributed by atoms with Gasteiger partial charge in [-0.25, -0.2) is 0 Å². The first kappa shape index (κ1) is 16.2. The van der Waals surface area contributed by atoms with Crippen LogP contribution in [0.25, 0.3) is 10.4 Å². The second kappa shape index (κ2) is 8.31. The number of aliphatic hydroxyl groups excluding tert-OH is 2. The Labute approximate surface area is 111 Å². The highest BCUT2D eigenvalue weighted by molar-refractivity contribution is 4.91. The minimum atomic E-state index is -1.18. The van der Waals surface area contributed by atoms with E-state index in [2.05, 4.69) is 10.0 Å². The summed E-state index contributed by atoms with van der Waals surface area (Å²) in [4.78, 5) is 2.61. The van der Waals surface area contributed by atoms with Crippen LogP contribution in [0.4, 0.5) is 0 Å². The second-order valence-corrected chi connectivity index (χ2v) is 4.36. The van der Waals surface area contributed by atoms with Crippen molar-refractivity contribution in [3.63, 3.8) is 0 Å². The number of nitrogens with zero attached hydrogens (tertiary/aromatic N) is 3. The standard InChI is InChI=1S/C11H21N3O5/c1-3-4-5-18-11-10(17-2)9(16)8(15)7(19-11)6-13-14-12/h7-11,15-16H,3-6H2,1-2H3. The Morgan fingerprint density at radius 2 is 2.11 bits per heavy atom. The molecule has 0 aromatic carbocycles. The fourth-order valence-corrected chi connectivity index (χ4v) is 1.90. The maximum absolute atomic E-state index is 9.96. The van der Waals surface area contributed by atoms with Crippen LogP contribution in [0.1, 0.15) is 19.8 Å². The summed E-state index contributed by atoms with van der Waals surface area (Å²) in [7, 11) is 1.41. The highest BCUT2D eigenvalue weighted by Crippen LogP contribution is 2.24. The second-order valence-electron chi connectivity index (χ2n) is 4.36. The predicted octanol–water partition coefficient (Wildman–Crippen LogP) is 0.575. The number of azide groups is 1. The molecule has 0 radical (unpaired) electrons. The van der Waals surface area contributed by atoms with Gasteiger partial charge >= 0.3 is 0 Å². The van der Waals surface area contributed by atoms with Crippen molar-refractivity contribution in [1.82, 2.24) is 0 Å². The van der Waals surface area contributed by atoms with Gasteiger partial charge in [0.05, 0.1) is 12.6 Å². The van der Waals surface area contributed by atoms with E-state index in [1.54, 1.807) is 0 Å². The number of ether oxygens (including phenoxy) is 3. The molecular weight excluding hydrogens is 254 g/mol. The Kier molecular flexibility index (Phi) is 7.07. The highest BCUT2D eigenvalue weighted by atomic mass is 16.7. The van der Waals surface area contributed by atoms with Crippen LogP contribution in [0.3, 0.4) is 0 Å². The number of hydrogen-bond acceptors (Lipinski definition) is 6. The van der Waals surface area contributed by atoms with E-state index in [0.29, 0.717) is 6.61 Å². The predicted molar refractivity (Wildman–Crippen MR) is 66.3 cm³/mol. The lowest BCUT2D eigenvalue weighted by molar-refractivity contribution is -0.299. The van der Waals surface area contributed by atoms with Gasteiger partial charge in [0.25, 0.3) is 0 Å². The molecule has 5 unspecified atom stereocenters. The summed E-state index contributed by atoms with van der Waals surface area (Å²) in [5.41, 5.74) is 8.29. The lowest BCUT2D eigenvalue weighted by atomic mass is 9.99. The molecule has 0 spiro atoms.